The normalized spacial score (nSPS) is 10.7. The number of unbranched alkanes of at least 4 members (excludes halogenated alkanes) is 1. The fourth-order valence-electron chi connectivity index (χ4n) is 2.65. The van der Waals surface area contributed by atoms with E-state index in [9.17, 15) is 18.0 Å². The van der Waals surface area contributed by atoms with Crippen molar-refractivity contribution in [2.75, 3.05) is 18.5 Å². The van der Waals surface area contributed by atoms with Gasteiger partial charge in [-0.3, -0.25) is 9.78 Å². The van der Waals surface area contributed by atoms with Crippen molar-refractivity contribution in [3.8, 4) is 17.0 Å². The number of anilines is 1. The van der Waals surface area contributed by atoms with E-state index < -0.39 is 34.6 Å². The molecule has 0 fully saturated rings. The van der Waals surface area contributed by atoms with Crippen LogP contribution in [0.1, 0.15) is 23.3 Å². The fraction of sp³-hybridized carbons (Fsp3) is 0.190. The Hall–Kier alpha value is -3.46. The zero-order valence-corrected chi connectivity index (χ0v) is 15.7. The number of aromatic nitrogens is 2. The molecule has 0 radical (unpaired) electrons. The van der Waals surface area contributed by atoms with Crippen LogP contribution in [0.25, 0.3) is 11.3 Å². The molecule has 6 nitrogen and oxygen atoms in total. The minimum Gasteiger partial charge on any atom is -0.491 e. The zero-order valence-electron chi connectivity index (χ0n) is 15.7. The van der Waals surface area contributed by atoms with Gasteiger partial charge in [0.25, 0.3) is 5.91 Å². The van der Waals surface area contributed by atoms with Crippen LogP contribution in [0.2, 0.25) is 0 Å². The van der Waals surface area contributed by atoms with Crippen LogP contribution in [0.5, 0.6) is 5.75 Å². The summed E-state index contributed by atoms with van der Waals surface area (Å²) in [6.07, 6.45) is 4.03. The fourth-order valence-corrected chi connectivity index (χ4v) is 2.65. The smallest absolute Gasteiger partial charge is 0.274 e. The first kappa shape index (κ1) is 21.3. The third-order valence-corrected chi connectivity index (χ3v) is 4.12. The van der Waals surface area contributed by atoms with Crippen molar-refractivity contribution < 1.29 is 27.8 Å². The van der Waals surface area contributed by atoms with Gasteiger partial charge in [-0.1, -0.05) is 6.07 Å². The van der Waals surface area contributed by atoms with Crippen LogP contribution in [-0.4, -0.2) is 34.2 Å². The van der Waals surface area contributed by atoms with Crippen LogP contribution < -0.4 is 10.1 Å². The first-order valence-corrected chi connectivity index (χ1v) is 9.11. The number of pyridine rings is 2. The number of hydrogen-bond donors (Lipinski definition) is 2. The number of carbonyl (C=O) groups excluding carboxylic acids is 1. The molecular weight excluding hydrogens is 399 g/mol. The van der Waals surface area contributed by atoms with E-state index in [1.54, 1.807) is 6.07 Å². The number of ether oxygens (including phenoxy) is 1. The summed E-state index contributed by atoms with van der Waals surface area (Å²) in [6.45, 7) is 0.365. The second kappa shape index (κ2) is 9.84. The van der Waals surface area contributed by atoms with Gasteiger partial charge in [-0.2, -0.15) is 0 Å². The summed E-state index contributed by atoms with van der Waals surface area (Å²) in [7, 11) is 0. The lowest BCUT2D eigenvalue weighted by molar-refractivity contribution is 0.102. The van der Waals surface area contributed by atoms with Crippen molar-refractivity contribution in [3.05, 3.63) is 71.9 Å². The highest BCUT2D eigenvalue weighted by molar-refractivity contribution is 6.03. The maximum atomic E-state index is 14.2. The molecule has 0 aliphatic carbocycles. The summed E-state index contributed by atoms with van der Waals surface area (Å²) in [4.78, 5) is 20.4. The molecule has 1 aromatic carbocycles. The van der Waals surface area contributed by atoms with Gasteiger partial charge in [0.2, 0.25) is 0 Å². The van der Waals surface area contributed by atoms with Crippen LogP contribution >= 0.6 is 0 Å². The second-order valence-corrected chi connectivity index (χ2v) is 6.23. The lowest BCUT2D eigenvalue weighted by Gasteiger charge is -2.12. The predicted octanol–water partition coefficient (Wildman–Crippen LogP) is 3.96. The van der Waals surface area contributed by atoms with Crippen molar-refractivity contribution in [3.63, 3.8) is 0 Å². The van der Waals surface area contributed by atoms with Crippen molar-refractivity contribution in [1.29, 1.82) is 0 Å². The van der Waals surface area contributed by atoms with E-state index in [-0.39, 0.29) is 18.0 Å². The number of nitrogens with zero attached hydrogens (tertiary/aromatic N) is 2. The minimum absolute atomic E-state index is 0.0461. The Labute approximate surface area is 170 Å². The van der Waals surface area contributed by atoms with Gasteiger partial charge in [-0.05, 0) is 37.1 Å². The number of aliphatic hydroxyl groups is 1. The molecule has 0 unspecified atom stereocenters. The van der Waals surface area contributed by atoms with Crippen LogP contribution in [0.4, 0.5) is 18.9 Å². The molecule has 156 valence electrons. The third kappa shape index (κ3) is 4.93. The molecule has 0 atom stereocenters. The lowest BCUT2D eigenvalue weighted by Crippen LogP contribution is -2.16. The van der Waals surface area contributed by atoms with Crippen molar-refractivity contribution in [1.82, 2.24) is 9.97 Å². The summed E-state index contributed by atoms with van der Waals surface area (Å²) >= 11 is 0. The topological polar surface area (TPSA) is 84.3 Å². The van der Waals surface area contributed by atoms with E-state index in [0.29, 0.717) is 25.2 Å². The van der Waals surface area contributed by atoms with Crippen molar-refractivity contribution >= 4 is 11.6 Å². The Morgan fingerprint density at radius 2 is 1.80 bits per heavy atom. The third-order valence-electron chi connectivity index (χ3n) is 4.12. The van der Waals surface area contributed by atoms with Gasteiger partial charge in [0.15, 0.2) is 0 Å². The van der Waals surface area contributed by atoms with E-state index in [0.717, 1.165) is 30.3 Å². The quantitative estimate of drug-likeness (QED) is 0.542. The number of hydrogen-bond acceptors (Lipinski definition) is 5. The highest BCUT2D eigenvalue weighted by atomic mass is 19.1. The molecule has 3 rings (SSSR count). The first-order chi connectivity index (χ1) is 14.5. The van der Waals surface area contributed by atoms with E-state index in [1.807, 2.05) is 0 Å². The molecule has 0 aliphatic rings. The zero-order chi connectivity index (χ0) is 21.5. The number of benzene rings is 1. The number of amides is 1. The maximum Gasteiger partial charge on any atom is 0.274 e. The predicted molar refractivity (Wildman–Crippen MR) is 104 cm³/mol. The van der Waals surface area contributed by atoms with E-state index in [1.165, 1.54) is 12.4 Å². The lowest BCUT2D eigenvalue weighted by atomic mass is 10.1. The SMILES string of the molecule is O=C(Nc1cnccc1OCCCCO)c1ccc(F)c(-c2c(F)cccc2F)n1. The Bertz CT molecular complexity index is 1030. The molecular formula is C21H18F3N3O3. The van der Waals surface area contributed by atoms with Crippen LogP contribution in [0, 0.1) is 17.5 Å². The van der Waals surface area contributed by atoms with E-state index >= 15 is 0 Å². The number of carbonyl (C=O) groups is 1. The number of rotatable bonds is 8. The molecule has 2 N–H and O–H groups in total. The molecule has 0 aliphatic heterocycles. The largest absolute Gasteiger partial charge is 0.491 e. The Kier molecular flexibility index (Phi) is 6.97. The van der Waals surface area contributed by atoms with Gasteiger partial charge in [0, 0.05) is 18.9 Å². The van der Waals surface area contributed by atoms with Gasteiger partial charge >= 0.3 is 0 Å². The Balaban J connectivity index is 1.84. The second-order valence-electron chi connectivity index (χ2n) is 6.23. The van der Waals surface area contributed by atoms with Gasteiger partial charge in [0.05, 0.1) is 18.4 Å². The van der Waals surface area contributed by atoms with Crippen molar-refractivity contribution in [2.45, 2.75) is 12.8 Å². The van der Waals surface area contributed by atoms with Gasteiger partial charge in [-0.15, -0.1) is 0 Å². The average molecular weight is 417 g/mol. The molecule has 1 amide bonds. The number of nitrogens with one attached hydrogen (secondary N) is 1. The summed E-state index contributed by atoms with van der Waals surface area (Å²) in [5, 5.41) is 11.4. The highest BCUT2D eigenvalue weighted by Crippen LogP contribution is 2.28. The highest BCUT2D eigenvalue weighted by Gasteiger charge is 2.20. The summed E-state index contributed by atoms with van der Waals surface area (Å²) < 4.78 is 47.8. The first-order valence-electron chi connectivity index (χ1n) is 9.11. The number of halogens is 3. The summed E-state index contributed by atoms with van der Waals surface area (Å²) in [6, 6.07) is 6.66. The van der Waals surface area contributed by atoms with Crippen LogP contribution in [0.15, 0.2) is 48.8 Å². The Morgan fingerprint density at radius 3 is 2.53 bits per heavy atom. The average Bonchev–Trinajstić information content (AvgIpc) is 2.73. The molecule has 0 saturated heterocycles. The van der Waals surface area contributed by atoms with Crippen molar-refractivity contribution in [2.24, 2.45) is 0 Å². The summed E-state index contributed by atoms with van der Waals surface area (Å²) in [5.41, 5.74) is -1.26. The standard InChI is InChI=1S/C21H18F3N3O3/c22-13-4-3-5-14(23)19(13)20-15(24)6-7-16(26-20)21(29)27-17-12-25-9-8-18(17)30-11-2-1-10-28/h3-9,12,28H,1-2,10-11H2,(H,27,29). The monoisotopic (exact) mass is 417 g/mol. The molecule has 2 heterocycles. The van der Waals surface area contributed by atoms with Gasteiger partial charge < -0.3 is 15.2 Å². The maximum absolute atomic E-state index is 14.2. The minimum atomic E-state index is -0.996. The molecule has 9 heteroatoms. The number of aliphatic hydroxyl groups excluding tert-OH is 1. The van der Waals surface area contributed by atoms with Gasteiger partial charge in [0.1, 0.15) is 40.3 Å². The summed E-state index contributed by atoms with van der Waals surface area (Å²) in [5.74, 6) is -3.35. The molecule has 2 aromatic heterocycles. The van der Waals surface area contributed by atoms with Crippen LogP contribution in [0.3, 0.4) is 0 Å². The molecule has 0 spiro atoms. The van der Waals surface area contributed by atoms with E-state index in [2.05, 4.69) is 15.3 Å². The Morgan fingerprint density at radius 1 is 1.03 bits per heavy atom. The van der Waals surface area contributed by atoms with Gasteiger partial charge in [-0.25, -0.2) is 18.2 Å². The molecule has 30 heavy (non-hydrogen) atoms. The molecule has 3 aromatic rings. The molecule has 0 bridgehead atoms. The van der Waals surface area contributed by atoms with E-state index in [4.69, 9.17) is 9.84 Å². The molecule has 0 saturated carbocycles. The van der Waals surface area contributed by atoms with Crippen LogP contribution in [-0.2, 0) is 0 Å².